The van der Waals surface area contributed by atoms with E-state index in [9.17, 15) is 0 Å². The molecule has 7 rings (SSSR count). The highest BCUT2D eigenvalue weighted by atomic mass is 15.2. The lowest BCUT2D eigenvalue weighted by atomic mass is 9.42. The molecular formula is C25H29N. The number of anilines is 2. The minimum Gasteiger partial charge on any atom is -0.337 e. The summed E-state index contributed by atoms with van der Waals surface area (Å²) in [4.78, 5) is 2.70. The summed E-state index contributed by atoms with van der Waals surface area (Å²) >= 11 is 0. The van der Waals surface area contributed by atoms with Crippen molar-refractivity contribution in [2.24, 2.45) is 23.7 Å². The number of aryl methyl sites for hydroxylation is 1. The Bertz CT molecular complexity index is 838. The van der Waals surface area contributed by atoms with E-state index in [1.54, 1.807) is 5.56 Å². The fraction of sp³-hybridized carbons (Fsp3) is 0.520. The smallest absolute Gasteiger partial charge is 0.0452 e. The SMILES string of the molecule is Cc1ccccc1N1c2ccccc2C2(C3CC4CC(C3)CC2C4)[C@@H]1C. The van der Waals surface area contributed by atoms with Crippen LogP contribution in [0, 0.1) is 30.6 Å². The average molecular weight is 344 g/mol. The molecule has 0 saturated heterocycles. The standard InChI is InChI=1S/C25H29N/c1-16-7-3-5-9-23(16)26-17(2)25(22-8-4-6-10-24(22)26)20-12-18-11-19(14-20)15-21(25)13-18/h3-10,17-21H,11-15H2,1-2H3/t17-,18?,19?,20?,21?,25?/m0/s1. The van der Waals surface area contributed by atoms with Crippen LogP contribution in [0.25, 0.3) is 0 Å². The lowest BCUT2D eigenvalue weighted by Crippen LogP contribution is -2.60. The summed E-state index contributed by atoms with van der Waals surface area (Å²) in [5.74, 6) is 3.83. The molecule has 26 heavy (non-hydrogen) atoms. The Labute approximate surface area is 157 Å². The minimum atomic E-state index is 0.381. The maximum atomic E-state index is 2.70. The van der Waals surface area contributed by atoms with E-state index >= 15 is 0 Å². The zero-order chi connectivity index (χ0) is 17.5. The van der Waals surface area contributed by atoms with E-state index in [2.05, 4.69) is 67.3 Å². The molecule has 4 saturated carbocycles. The zero-order valence-corrected chi connectivity index (χ0v) is 16.0. The van der Waals surface area contributed by atoms with Crippen LogP contribution in [-0.2, 0) is 5.41 Å². The molecule has 2 aromatic carbocycles. The molecule has 1 aliphatic heterocycles. The number of benzene rings is 2. The maximum absolute atomic E-state index is 2.70. The second-order valence-electron chi connectivity index (χ2n) is 9.59. The first-order chi connectivity index (χ1) is 12.7. The summed E-state index contributed by atoms with van der Waals surface area (Å²) in [6, 6.07) is 18.9. The number of nitrogens with zero attached hydrogens (tertiary/aromatic N) is 1. The van der Waals surface area contributed by atoms with Gasteiger partial charge in [-0.05, 0) is 92.9 Å². The molecule has 134 valence electrons. The van der Waals surface area contributed by atoms with Crippen LogP contribution in [0.4, 0.5) is 11.4 Å². The molecule has 4 bridgehead atoms. The van der Waals surface area contributed by atoms with Gasteiger partial charge in [0.25, 0.3) is 0 Å². The molecule has 0 amide bonds. The maximum Gasteiger partial charge on any atom is 0.0452 e. The second kappa shape index (κ2) is 5.15. The van der Waals surface area contributed by atoms with Crippen LogP contribution in [0.3, 0.4) is 0 Å². The normalized spacial score (nSPS) is 39.6. The molecule has 5 aliphatic rings. The van der Waals surface area contributed by atoms with Crippen LogP contribution in [0.15, 0.2) is 48.5 Å². The number of fused-ring (bicyclic) bond motifs is 1. The van der Waals surface area contributed by atoms with Gasteiger partial charge in [-0.1, -0.05) is 36.4 Å². The van der Waals surface area contributed by atoms with Crippen LogP contribution in [0.2, 0.25) is 0 Å². The molecule has 1 heteroatoms. The molecule has 0 aromatic heterocycles. The third-order valence-corrected chi connectivity index (χ3v) is 8.57. The van der Waals surface area contributed by atoms with Gasteiger partial charge in [0.05, 0.1) is 0 Å². The van der Waals surface area contributed by atoms with Crippen LogP contribution in [0.5, 0.6) is 0 Å². The Kier molecular flexibility index (Phi) is 3.03. The van der Waals surface area contributed by atoms with E-state index in [0.29, 0.717) is 11.5 Å². The van der Waals surface area contributed by atoms with Gasteiger partial charge in [-0.15, -0.1) is 0 Å². The van der Waals surface area contributed by atoms with E-state index in [0.717, 1.165) is 23.7 Å². The summed E-state index contributed by atoms with van der Waals surface area (Å²) in [5, 5.41) is 0. The predicted octanol–water partition coefficient (Wildman–Crippen LogP) is 6.23. The molecule has 0 unspecified atom stereocenters. The van der Waals surface area contributed by atoms with Gasteiger partial charge in [0.1, 0.15) is 0 Å². The molecule has 1 heterocycles. The van der Waals surface area contributed by atoms with Crippen molar-refractivity contribution in [3.63, 3.8) is 0 Å². The van der Waals surface area contributed by atoms with Crippen molar-refractivity contribution < 1.29 is 0 Å². The van der Waals surface area contributed by atoms with Crippen LogP contribution >= 0.6 is 0 Å². The Morgan fingerprint density at radius 3 is 2.00 bits per heavy atom. The van der Waals surface area contributed by atoms with Crippen molar-refractivity contribution in [3.8, 4) is 0 Å². The fourth-order valence-electron chi connectivity index (χ4n) is 7.96. The lowest BCUT2D eigenvalue weighted by Gasteiger charge is -2.62. The minimum absolute atomic E-state index is 0.381. The van der Waals surface area contributed by atoms with Gasteiger partial charge in [0, 0.05) is 22.8 Å². The molecule has 0 N–H and O–H groups in total. The van der Waals surface area contributed by atoms with Gasteiger partial charge in [0.2, 0.25) is 0 Å². The topological polar surface area (TPSA) is 3.24 Å². The first-order valence-electron chi connectivity index (χ1n) is 10.6. The van der Waals surface area contributed by atoms with Gasteiger partial charge in [0.15, 0.2) is 0 Å². The molecule has 1 atom stereocenters. The highest BCUT2D eigenvalue weighted by Crippen LogP contribution is 2.68. The van der Waals surface area contributed by atoms with Gasteiger partial charge in [-0.3, -0.25) is 0 Å². The van der Waals surface area contributed by atoms with Gasteiger partial charge in [-0.25, -0.2) is 0 Å². The quantitative estimate of drug-likeness (QED) is 0.593. The first kappa shape index (κ1) is 15.3. The van der Waals surface area contributed by atoms with E-state index < -0.39 is 0 Å². The number of rotatable bonds is 1. The highest BCUT2D eigenvalue weighted by molar-refractivity contribution is 5.76. The molecule has 1 spiro atoms. The van der Waals surface area contributed by atoms with Crippen molar-refractivity contribution in [2.45, 2.75) is 57.4 Å². The molecular weight excluding hydrogens is 314 g/mol. The fourth-order valence-corrected chi connectivity index (χ4v) is 7.96. The van der Waals surface area contributed by atoms with Crippen LogP contribution in [0.1, 0.15) is 50.2 Å². The van der Waals surface area contributed by atoms with Crippen molar-refractivity contribution in [3.05, 3.63) is 59.7 Å². The van der Waals surface area contributed by atoms with Crippen molar-refractivity contribution >= 4 is 11.4 Å². The van der Waals surface area contributed by atoms with E-state index in [-0.39, 0.29) is 0 Å². The number of para-hydroxylation sites is 2. The van der Waals surface area contributed by atoms with Crippen molar-refractivity contribution in [2.75, 3.05) is 4.90 Å². The second-order valence-corrected chi connectivity index (χ2v) is 9.59. The molecule has 1 nitrogen and oxygen atoms in total. The van der Waals surface area contributed by atoms with E-state index in [4.69, 9.17) is 0 Å². The molecule has 0 radical (unpaired) electrons. The summed E-state index contributed by atoms with van der Waals surface area (Å²) in [5.41, 5.74) is 6.35. The third-order valence-electron chi connectivity index (χ3n) is 8.57. The number of hydrogen-bond donors (Lipinski definition) is 0. The van der Waals surface area contributed by atoms with Crippen molar-refractivity contribution in [1.29, 1.82) is 0 Å². The van der Waals surface area contributed by atoms with Crippen LogP contribution < -0.4 is 4.90 Å². The van der Waals surface area contributed by atoms with E-state index in [1.807, 2.05) is 0 Å². The summed E-state index contributed by atoms with van der Waals surface area (Å²) < 4.78 is 0. The summed E-state index contributed by atoms with van der Waals surface area (Å²) in [6.45, 7) is 4.81. The van der Waals surface area contributed by atoms with Gasteiger partial charge >= 0.3 is 0 Å². The Balaban J connectivity index is 1.57. The Morgan fingerprint density at radius 1 is 0.769 bits per heavy atom. The summed E-state index contributed by atoms with van der Waals surface area (Å²) in [6.07, 6.45) is 7.45. The Hall–Kier alpha value is -1.76. The largest absolute Gasteiger partial charge is 0.337 e. The third kappa shape index (κ3) is 1.73. The van der Waals surface area contributed by atoms with E-state index in [1.165, 1.54) is 49.0 Å². The van der Waals surface area contributed by atoms with Gasteiger partial charge < -0.3 is 4.90 Å². The highest BCUT2D eigenvalue weighted by Gasteiger charge is 2.64. The zero-order valence-electron chi connectivity index (χ0n) is 16.0. The summed E-state index contributed by atoms with van der Waals surface area (Å²) in [7, 11) is 0. The predicted molar refractivity (Wildman–Crippen MR) is 108 cm³/mol. The average Bonchev–Trinajstić information content (AvgIpc) is 2.89. The lowest BCUT2D eigenvalue weighted by molar-refractivity contribution is -0.0654. The monoisotopic (exact) mass is 343 g/mol. The number of hydrogen-bond acceptors (Lipinski definition) is 1. The first-order valence-corrected chi connectivity index (χ1v) is 10.6. The molecule has 4 aliphatic carbocycles. The van der Waals surface area contributed by atoms with Crippen molar-refractivity contribution in [1.82, 2.24) is 0 Å². The molecule has 4 fully saturated rings. The molecule has 2 aromatic rings. The van der Waals surface area contributed by atoms with Crippen LogP contribution in [-0.4, -0.2) is 6.04 Å². The Morgan fingerprint density at radius 2 is 1.35 bits per heavy atom. The van der Waals surface area contributed by atoms with Gasteiger partial charge in [-0.2, -0.15) is 0 Å².